The lowest BCUT2D eigenvalue weighted by molar-refractivity contribution is 0.108. The third-order valence-corrected chi connectivity index (χ3v) is 7.94. The fourth-order valence-corrected chi connectivity index (χ4v) is 5.68. The summed E-state index contributed by atoms with van der Waals surface area (Å²) in [5.74, 6) is 2.50. The van der Waals surface area contributed by atoms with Gasteiger partial charge in [0.1, 0.15) is 24.2 Å². The Labute approximate surface area is 229 Å². The molecule has 1 saturated carbocycles. The smallest absolute Gasteiger partial charge is 0.160 e. The van der Waals surface area contributed by atoms with Crippen molar-refractivity contribution in [3.05, 3.63) is 45.9 Å². The zero-order valence-corrected chi connectivity index (χ0v) is 23.5. The molecule has 38 heavy (non-hydrogen) atoms. The highest BCUT2D eigenvalue weighted by molar-refractivity contribution is 6.31. The first-order valence-corrected chi connectivity index (χ1v) is 14.0. The van der Waals surface area contributed by atoms with E-state index in [1.54, 1.807) is 13.1 Å². The molecule has 1 atom stereocenters. The van der Waals surface area contributed by atoms with Gasteiger partial charge in [-0.15, -0.1) is 0 Å². The largest absolute Gasteiger partial charge is 0.491 e. The molecule has 2 aromatic heterocycles. The molecule has 2 aliphatic rings. The molecule has 1 aliphatic carbocycles. The molecule has 3 heterocycles. The minimum absolute atomic E-state index is 0.157. The fraction of sp³-hybridized carbons (Fsp3) is 0.552. The van der Waals surface area contributed by atoms with E-state index >= 15 is 0 Å². The number of piperidine rings is 1. The lowest BCUT2D eigenvalue weighted by atomic mass is 9.89. The molecule has 3 aromatic rings. The number of rotatable bonds is 10. The molecule has 2 fully saturated rings. The zero-order chi connectivity index (χ0) is 26.8. The van der Waals surface area contributed by atoms with E-state index in [9.17, 15) is 5.11 Å². The number of halogens is 1. The first kappa shape index (κ1) is 27.1. The van der Waals surface area contributed by atoms with Crippen LogP contribution in [0.4, 0.5) is 0 Å². The molecular weight excluding hydrogens is 502 g/mol. The average Bonchev–Trinajstić information content (AvgIpc) is 3.69. The van der Waals surface area contributed by atoms with E-state index in [1.807, 2.05) is 26.0 Å². The normalized spacial score (nSPS) is 17.6. The number of aliphatic hydroxyl groups is 1. The number of nitrogens with zero attached hydrogens (tertiary/aromatic N) is 4. The highest BCUT2D eigenvalue weighted by Gasteiger charge is 2.32. The minimum atomic E-state index is -0.623. The molecule has 0 bridgehead atoms. The molecule has 0 spiro atoms. The van der Waals surface area contributed by atoms with Gasteiger partial charge in [-0.3, -0.25) is 0 Å². The van der Waals surface area contributed by atoms with Gasteiger partial charge in [-0.25, -0.2) is 9.97 Å². The van der Waals surface area contributed by atoms with Crippen LogP contribution in [0.3, 0.4) is 0 Å². The van der Waals surface area contributed by atoms with E-state index in [-0.39, 0.29) is 6.61 Å². The van der Waals surface area contributed by atoms with Crippen LogP contribution in [0.25, 0.3) is 22.6 Å². The van der Waals surface area contributed by atoms with Crippen molar-refractivity contribution in [2.24, 2.45) is 5.92 Å². The number of ether oxygens (including phenoxy) is 1. The molecule has 8 nitrogen and oxygen atoms in total. The summed E-state index contributed by atoms with van der Waals surface area (Å²) < 4.78 is 11.4. The SMILES string of the molecule is CNCC(O)COc1cc(Cl)cc(-c2nc(CC3CCN(C4CC4)CC3)c(C)c(-c3c(C)noc3C)n2)c1. The van der Waals surface area contributed by atoms with Crippen LogP contribution in [0.15, 0.2) is 22.7 Å². The van der Waals surface area contributed by atoms with Crippen LogP contribution in [0.1, 0.15) is 48.4 Å². The first-order valence-electron chi connectivity index (χ1n) is 13.6. The van der Waals surface area contributed by atoms with Gasteiger partial charge in [0.05, 0.1) is 17.0 Å². The summed E-state index contributed by atoms with van der Waals surface area (Å²) in [4.78, 5) is 12.8. The third kappa shape index (κ3) is 6.20. The average molecular weight is 540 g/mol. The maximum atomic E-state index is 10.1. The number of hydrogen-bond acceptors (Lipinski definition) is 8. The summed E-state index contributed by atoms with van der Waals surface area (Å²) in [6.45, 7) is 8.93. The Bertz CT molecular complexity index is 1250. The van der Waals surface area contributed by atoms with Crippen molar-refractivity contribution in [2.45, 2.75) is 65.0 Å². The molecule has 1 aromatic carbocycles. The first-order chi connectivity index (χ1) is 18.3. The van der Waals surface area contributed by atoms with Gasteiger partial charge in [-0.1, -0.05) is 16.8 Å². The fourth-order valence-electron chi connectivity index (χ4n) is 5.45. The van der Waals surface area contributed by atoms with Crippen molar-refractivity contribution in [2.75, 3.05) is 33.3 Å². The van der Waals surface area contributed by atoms with Crippen LogP contribution in [0, 0.1) is 26.7 Å². The molecule has 0 radical (unpaired) electrons. The van der Waals surface area contributed by atoms with E-state index in [2.05, 4.69) is 22.3 Å². The number of aliphatic hydroxyl groups excluding tert-OH is 1. The molecule has 1 unspecified atom stereocenters. The summed E-state index contributed by atoms with van der Waals surface area (Å²) in [6.07, 6.45) is 5.40. The van der Waals surface area contributed by atoms with E-state index in [1.165, 1.54) is 38.8 Å². The van der Waals surface area contributed by atoms with Crippen molar-refractivity contribution < 1.29 is 14.4 Å². The van der Waals surface area contributed by atoms with Crippen molar-refractivity contribution in [1.29, 1.82) is 0 Å². The molecule has 2 N–H and O–H groups in total. The van der Waals surface area contributed by atoms with Crippen LogP contribution in [-0.4, -0.2) is 70.6 Å². The highest BCUT2D eigenvalue weighted by atomic mass is 35.5. The number of likely N-dealkylation sites (N-methyl/N-ethyl adjacent to an activating group) is 1. The second-order valence-corrected chi connectivity index (χ2v) is 11.2. The summed E-state index contributed by atoms with van der Waals surface area (Å²) in [5.41, 5.74) is 5.48. The van der Waals surface area contributed by atoms with E-state index < -0.39 is 6.10 Å². The number of hydrogen-bond donors (Lipinski definition) is 2. The molecule has 204 valence electrons. The standard InChI is InChI=1S/C29H38ClN5O3/c1-17-26(11-20-7-9-35(10-8-20)23-5-6-23)32-29(33-28(17)27-18(2)34-38-19(27)3)21-12-22(30)14-25(13-21)37-16-24(36)15-31-4/h12-14,20,23-24,31,36H,5-11,15-16H2,1-4H3. The van der Waals surface area contributed by atoms with E-state index in [0.717, 1.165) is 52.0 Å². The van der Waals surface area contributed by atoms with Gasteiger partial charge in [0, 0.05) is 28.9 Å². The molecular formula is C29H38ClN5O3. The number of benzene rings is 1. The summed E-state index contributed by atoms with van der Waals surface area (Å²) in [7, 11) is 1.79. The van der Waals surface area contributed by atoms with Gasteiger partial charge in [0.15, 0.2) is 5.82 Å². The van der Waals surface area contributed by atoms with Crippen LogP contribution in [-0.2, 0) is 6.42 Å². The Morgan fingerprint density at radius 3 is 2.55 bits per heavy atom. The van der Waals surface area contributed by atoms with Crippen LogP contribution < -0.4 is 10.1 Å². The Balaban J connectivity index is 1.48. The summed E-state index contributed by atoms with van der Waals surface area (Å²) in [5, 5.41) is 17.7. The van der Waals surface area contributed by atoms with Gasteiger partial charge >= 0.3 is 0 Å². The van der Waals surface area contributed by atoms with Crippen LogP contribution in [0.2, 0.25) is 5.02 Å². The Kier molecular flexibility index (Phi) is 8.33. The Morgan fingerprint density at radius 1 is 1.13 bits per heavy atom. The summed E-state index contributed by atoms with van der Waals surface area (Å²) in [6, 6.07) is 6.32. The maximum Gasteiger partial charge on any atom is 0.160 e. The lowest BCUT2D eigenvalue weighted by Crippen LogP contribution is -2.36. The number of nitrogens with one attached hydrogen (secondary N) is 1. The van der Waals surface area contributed by atoms with Crippen LogP contribution >= 0.6 is 11.6 Å². The quantitative estimate of drug-likeness (QED) is 0.381. The van der Waals surface area contributed by atoms with Crippen molar-refractivity contribution in [3.8, 4) is 28.4 Å². The third-order valence-electron chi connectivity index (χ3n) is 7.72. The topological polar surface area (TPSA) is 96.5 Å². The van der Waals surface area contributed by atoms with Gasteiger partial charge in [0.2, 0.25) is 0 Å². The number of likely N-dealkylation sites (tertiary alicyclic amines) is 1. The van der Waals surface area contributed by atoms with Crippen molar-refractivity contribution >= 4 is 11.6 Å². The predicted octanol–water partition coefficient (Wildman–Crippen LogP) is 4.75. The van der Waals surface area contributed by atoms with Crippen LogP contribution in [0.5, 0.6) is 5.75 Å². The summed E-state index contributed by atoms with van der Waals surface area (Å²) >= 11 is 6.50. The van der Waals surface area contributed by atoms with Gasteiger partial charge in [-0.2, -0.15) is 0 Å². The number of aryl methyl sites for hydroxylation is 2. The van der Waals surface area contributed by atoms with Gasteiger partial charge < -0.3 is 24.6 Å². The Hall–Kier alpha value is -2.52. The monoisotopic (exact) mass is 539 g/mol. The lowest BCUT2D eigenvalue weighted by Gasteiger charge is -2.32. The van der Waals surface area contributed by atoms with Crippen molar-refractivity contribution in [1.82, 2.24) is 25.3 Å². The van der Waals surface area contributed by atoms with E-state index in [4.69, 9.17) is 30.8 Å². The molecule has 1 saturated heterocycles. The highest BCUT2D eigenvalue weighted by Crippen LogP contribution is 2.36. The maximum absolute atomic E-state index is 10.1. The van der Waals surface area contributed by atoms with Gasteiger partial charge in [-0.05, 0) is 103 Å². The van der Waals surface area contributed by atoms with Crippen molar-refractivity contribution in [3.63, 3.8) is 0 Å². The molecule has 5 rings (SSSR count). The predicted molar refractivity (Wildman–Crippen MR) is 149 cm³/mol. The Morgan fingerprint density at radius 2 is 1.89 bits per heavy atom. The zero-order valence-electron chi connectivity index (χ0n) is 22.8. The minimum Gasteiger partial charge on any atom is -0.491 e. The van der Waals surface area contributed by atoms with E-state index in [0.29, 0.717) is 29.1 Å². The second-order valence-electron chi connectivity index (χ2n) is 10.8. The molecule has 0 amide bonds. The van der Waals surface area contributed by atoms with Gasteiger partial charge in [0.25, 0.3) is 0 Å². The molecule has 9 heteroatoms. The number of aromatic nitrogens is 3. The second kappa shape index (κ2) is 11.7. The molecule has 1 aliphatic heterocycles.